The maximum Gasteiger partial charge on any atom is 0.411 e. The number of nitrogen functional groups attached to an aromatic ring is 1. The molecule has 1 amide bonds. The van der Waals surface area contributed by atoms with E-state index in [1.165, 1.54) is 0 Å². The molecule has 0 radical (unpaired) electrons. The van der Waals surface area contributed by atoms with E-state index in [9.17, 15) is 9.90 Å². The van der Waals surface area contributed by atoms with E-state index in [1.807, 2.05) is 74.5 Å². The largest absolute Gasteiger partial charge is 0.438 e. The van der Waals surface area contributed by atoms with E-state index in [0.717, 1.165) is 27.9 Å². The van der Waals surface area contributed by atoms with Gasteiger partial charge in [-0.3, -0.25) is 4.98 Å². The van der Waals surface area contributed by atoms with Gasteiger partial charge in [0.15, 0.2) is 0 Å². The molecule has 2 atom stereocenters. The number of nitrogens with two attached hydrogens (primary N) is 1. The molecule has 0 spiro atoms. The summed E-state index contributed by atoms with van der Waals surface area (Å²) in [5.41, 5.74) is 10.7. The minimum atomic E-state index is -0.700. The number of amides is 1. The van der Waals surface area contributed by atoms with Crippen molar-refractivity contribution in [2.24, 2.45) is 0 Å². The van der Waals surface area contributed by atoms with Crippen molar-refractivity contribution in [2.75, 3.05) is 18.9 Å². The van der Waals surface area contributed by atoms with Gasteiger partial charge in [-0.2, -0.15) is 0 Å². The van der Waals surface area contributed by atoms with Crippen molar-refractivity contribution >= 4 is 11.8 Å². The molecule has 6 nitrogen and oxygen atoms in total. The molecule has 0 aliphatic carbocycles. The molecule has 1 saturated heterocycles. The number of rotatable bonds is 7. The number of aromatic nitrogens is 1. The number of anilines is 1. The molecule has 172 valence electrons. The minimum Gasteiger partial charge on any atom is -0.438 e. The molecule has 3 N–H and O–H groups in total. The molecule has 33 heavy (non-hydrogen) atoms. The van der Waals surface area contributed by atoms with Gasteiger partial charge in [0.1, 0.15) is 5.60 Å². The average Bonchev–Trinajstić information content (AvgIpc) is 2.83. The number of carbonyl (C=O) groups is 1. The lowest BCUT2D eigenvalue weighted by Gasteiger charge is -2.43. The lowest BCUT2D eigenvalue weighted by molar-refractivity contribution is -0.0680. The second kappa shape index (κ2) is 9.63. The number of aliphatic hydroxyl groups is 1. The third kappa shape index (κ3) is 4.86. The number of aliphatic hydroxyl groups excluding tert-OH is 1. The van der Waals surface area contributed by atoms with Crippen molar-refractivity contribution in [3.8, 4) is 11.3 Å². The third-order valence-corrected chi connectivity index (χ3v) is 6.53. The van der Waals surface area contributed by atoms with Gasteiger partial charge in [-0.05, 0) is 49.9 Å². The van der Waals surface area contributed by atoms with Crippen LogP contribution < -0.4 is 5.73 Å². The van der Waals surface area contributed by atoms with Crippen LogP contribution in [-0.4, -0.2) is 34.2 Å². The molecule has 1 aliphatic rings. The van der Waals surface area contributed by atoms with Crippen LogP contribution in [0.1, 0.15) is 48.9 Å². The quantitative estimate of drug-likeness (QED) is 0.521. The van der Waals surface area contributed by atoms with Crippen molar-refractivity contribution in [3.05, 3.63) is 83.6 Å². The minimum absolute atomic E-state index is 0.0699. The Morgan fingerprint density at radius 2 is 1.85 bits per heavy atom. The maximum absolute atomic E-state index is 13.2. The van der Waals surface area contributed by atoms with Gasteiger partial charge in [-0.15, -0.1) is 0 Å². The first kappa shape index (κ1) is 22.8. The number of carbonyl (C=O) groups excluding carboxylic acids is 1. The SMILES string of the molecule is Cc1ccc([C@@]2(CCCO)CCN([C@@H](C)c3ccc(-c4ccc(N)cn4)cc3)C(=O)O2)cc1. The van der Waals surface area contributed by atoms with Gasteiger partial charge in [0.2, 0.25) is 0 Å². The van der Waals surface area contributed by atoms with Gasteiger partial charge in [0, 0.05) is 25.1 Å². The first-order chi connectivity index (χ1) is 15.9. The van der Waals surface area contributed by atoms with E-state index >= 15 is 0 Å². The summed E-state index contributed by atoms with van der Waals surface area (Å²) in [6.45, 7) is 4.71. The highest BCUT2D eigenvalue weighted by atomic mass is 16.6. The Balaban J connectivity index is 1.50. The topological polar surface area (TPSA) is 88.7 Å². The zero-order chi connectivity index (χ0) is 23.4. The van der Waals surface area contributed by atoms with E-state index in [4.69, 9.17) is 10.5 Å². The van der Waals surface area contributed by atoms with Crippen LogP contribution in [0.5, 0.6) is 0 Å². The Hall–Kier alpha value is -3.38. The molecule has 4 rings (SSSR count). The van der Waals surface area contributed by atoms with Crippen LogP contribution >= 0.6 is 0 Å². The fraction of sp³-hybridized carbons (Fsp3) is 0.333. The predicted molar refractivity (Wildman–Crippen MR) is 129 cm³/mol. The van der Waals surface area contributed by atoms with Gasteiger partial charge in [-0.1, -0.05) is 54.1 Å². The molecule has 0 unspecified atom stereocenters. The van der Waals surface area contributed by atoms with Crippen molar-refractivity contribution < 1.29 is 14.6 Å². The van der Waals surface area contributed by atoms with Crippen LogP contribution in [-0.2, 0) is 10.3 Å². The standard InChI is InChI=1S/C27H31N3O3/c1-19-4-10-23(11-5-19)27(14-3-17-31)15-16-30(26(32)33-27)20(2)21-6-8-22(9-7-21)25-13-12-24(28)18-29-25/h4-13,18,20,31H,3,14-17,28H2,1-2H3/t20-,27+/m0/s1. The van der Waals surface area contributed by atoms with Crippen LogP contribution in [0.15, 0.2) is 66.9 Å². The number of ether oxygens (including phenoxy) is 1. The Morgan fingerprint density at radius 1 is 1.12 bits per heavy atom. The van der Waals surface area contributed by atoms with Gasteiger partial charge >= 0.3 is 6.09 Å². The van der Waals surface area contributed by atoms with Crippen molar-refractivity contribution in [3.63, 3.8) is 0 Å². The van der Waals surface area contributed by atoms with Crippen LogP contribution in [0.4, 0.5) is 10.5 Å². The van der Waals surface area contributed by atoms with Gasteiger partial charge in [0.25, 0.3) is 0 Å². The monoisotopic (exact) mass is 445 g/mol. The van der Waals surface area contributed by atoms with Crippen LogP contribution in [0.3, 0.4) is 0 Å². The second-order valence-corrected chi connectivity index (χ2v) is 8.77. The summed E-state index contributed by atoms with van der Waals surface area (Å²) in [6, 6.07) is 19.8. The Morgan fingerprint density at radius 3 is 2.45 bits per heavy atom. The Kier molecular flexibility index (Phi) is 6.65. The van der Waals surface area contributed by atoms with Crippen molar-refractivity contribution in [1.82, 2.24) is 9.88 Å². The molecule has 0 saturated carbocycles. The lowest BCUT2D eigenvalue weighted by atomic mass is 9.84. The molecule has 3 aromatic rings. The Labute approximate surface area is 195 Å². The number of hydrogen-bond acceptors (Lipinski definition) is 5. The van der Waals surface area contributed by atoms with Crippen LogP contribution in [0.25, 0.3) is 11.3 Å². The lowest BCUT2D eigenvalue weighted by Crippen LogP contribution is -2.48. The van der Waals surface area contributed by atoms with E-state index in [-0.39, 0.29) is 18.7 Å². The van der Waals surface area contributed by atoms with E-state index in [1.54, 1.807) is 11.1 Å². The maximum atomic E-state index is 13.2. The summed E-state index contributed by atoms with van der Waals surface area (Å²) >= 11 is 0. The summed E-state index contributed by atoms with van der Waals surface area (Å²) in [6.07, 6.45) is 3.18. The highest BCUT2D eigenvalue weighted by Gasteiger charge is 2.43. The first-order valence-electron chi connectivity index (χ1n) is 11.4. The van der Waals surface area contributed by atoms with Gasteiger partial charge < -0.3 is 20.5 Å². The highest BCUT2D eigenvalue weighted by Crippen LogP contribution is 2.40. The summed E-state index contributed by atoms with van der Waals surface area (Å²) in [5.74, 6) is 0. The molecule has 0 bridgehead atoms. The zero-order valence-electron chi connectivity index (χ0n) is 19.2. The summed E-state index contributed by atoms with van der Waals surface area (Å²) in [5, 5.41) is 9.41. The number of hydrogen-bond donors (Lipinski definition) is 2. The summed E-state index contributed by atoms with van der Waals surface area (Å²) in [4.78, 5) is 19.3. The van der Waals surface area contributed by atoms with Gasteiger partial charge in [-0.25, -0.2) is 4.79 Å². The number of pyridine rings is 1. The molecular formula is C27H31N3O3. The molecule has 2 heterocycles. The number of nitrogens with zero attached hydrogens (tertiary/aromatic N) is 2. The van der Waals surface area contributed by atoms with Gasteiger partial charge in [0.05, 0.1) is 23.6 Å². The van der Waals surface area contributed by atoms with Crippen LogP contribution in [0, 0.1) is 6.92 Å². The number of cyclic esters (lactones) is 1. The molecule has 2 aromatic carbocycles. The normalized spacial score (nSPS) is 19.2. The molecule has 1 aliphatic heterocycles. The summed E-state index contributed by atoms with van der Waals surface area (Å²) in [7, 11) is 0. The number of benzene rings is 2. The van der Waals surface area contributed by atoms with E-state index < -0.39 is 5.60 Å². The second-order valence-electron chi connectivity index (χ2n) is 8.77. The zero-order valence-corrected chi connectivity index (χ0v) is 19.2. The summed E-state index contributed by atoms with van der Waals surface area (Å²) < 4.78 is 6.12. The predicted octanol–water partition coefficient (Wildman–Crippen LogP) is 5.21. The fourth-order valence-electron chi connectivity index (χ4n) is 4.45. The first-order valence-corrected chi connectivity index (χ1v) is 11.4. The van der Waals surface area contributed by atoms with E-state index in [0.29, 0.717) is 31.5 Å². The molecule has 1 fully saturated rings. The molecule has 1 aromatic heterocycles. The smallest absolute Gasteiger partial charge is 0.411 e. The highest BCUT2D eigenvalue weighted by molar-refractivity contribution is 5.70. The molecular weight excluding hydrogens is 414 g/mol. The van der Waals surface area contributed by atoms with E-state index in [2.05, 4.69) is 4.98 Å². The van der Waals surface area contributed by atoms with Crippen molar-refractivity contribution in [2.45, 2.75) is 44.8 Å². The fourth-order valence-corrected chi connectivity index (χ4v) is 4.45. The van der Waals surface area contributed by atoms with Crippen LogP contribution in [0.2, 0.25) is 0 Å². The van der Waals surface area contributed by atoms with Crippen molar-refractivity contribution in [1.29, 1.82) is 0 Å². The molecule has 6 heteroatoms. The Bertz CT molecular complexity index is 1080. The average molecular weight is 446 g/mol. The number of aryl methyl sites for hydroxylation is 1. The third-order valence-electron chi connectivity index (χ3n) is 6.53.